The van der Waals surface area contributed by atoms with Crippen molar-refractivity contribution in [1.82, 2.24) is 0 Å². The summed E-state index contributed by atoms with van der Waals surface area (Å²) in [6.07, 6.45) is 0. The van der Waals surface area contributed by atoms with Crippen molar-refractivity contribution in [2.75, 3.05) is 0 Å². The first-order chi connectivity index (χ1) is 2.00. The summed E-state index contributed by atoms with van der Waals surface area (Å²) in [4.78, 5) is 29.3. The van der Waals surface area contributed by atoms with Gasteiger partial charge in [-0.1, -0.05) is 0 Å². The molecule has 4 nitrogen and oxygen atoms in total. The predicted molar refractivity (Wildman–Crippen MR) is 50.2 cm³/mol. The minimum absolute atomic E-state index is 0. The average molecular weight is 397 g/mol. The molecule has 0 amide bonds. The van der Waals surface area contributed by atoms with Crippen molar-refractivity contribution in [2.45, 2.75) is 0 Å². The Labute approximate surface area is 172 Å². The molecule has 0 unspecified atom stereocenters. The van der Waals surface area contributed by atoms with Crippen LogP contribution >= 0.6 is 0 Å². The van der Waals surface area contributed by atoms with E-state index in [9.17, 15) is 0 Å². The van der Waals surface area contributed by atoms with Gasteiger partial charge in [0.25, 0.3) is 0 Å². The summed E-state index contributed by atoms with van der Waals surface area (Å²) >= 11 is 0. The van der Waals surface area contributed by atoms with Crippen molar-refractivity contribution in [3.05, 3.63) is 0 Å². The Kier molecular flexibility index (Phi) is 49.9. The fraction of sp³-hybridized carbons (Fsp3) is 0. The van der Waals surface area contributed by atoms with Crippen LogP contribution in [-0.4, -0.2) is 178 Å². The minimum atomic E-state index is -4.61. The Morgan fingerprint density at radius 2 is 0.889 bits per heavy atom. The zero-order valence-electron chi connectivity index (χ0n) is 2.29. The van der Waals surface area contributed by atoms with E-state index in [4.69, 9.17) is 19.2 Å². The van der Waals surface area contributed by atoms with Crippen molar-refractivity contribution in [3.63, 3.8) is 0 Å². The van der Waals surface area contributed by atoms with Gasteiger partial charge in [-0.2, -0.15) is 0 Å². The van der Waals surface area contributed by atoms with Crippen LogP contribution in [0, 0.1) is 0 Å². The first-order valence-corrected chi connectivity index (χ1v) is 2.68. The molecule has 9 heavy (non-hydrogen) atoms. The van der Waals surface area contributed by atoms with E-state index in [1.807, 2.05) is 0 Å². The van der Waals surface area contributed by atoms with E-state index in [1.54, 1.807) is 0 Å². The standard InChI is InChI=1S/Al.Ba.Ca.H4O4Si.Sr.9H/c;;;1-5(2,3)4;;;;;;;;;;/h;;;1-4H;;;;;;;;;;. The van der Waals surface area contributed by atoms with Crippen LogP contribution in [0.1, 0.15) is 0 Å². The van der Waals surface area contributed by atoms with E-state index in [2.05, 4.69) is 0 Å². The van der Waals surface area contributed by atoms with Crippen molar-refractivity contribution < 1.29 is 19.2 Å². The molecule has 50 valence electrons. The average Bonchev–Trinajstić information content (AvgIpc) is 0.722. The fourth-order valence-electron chi connectivity index (χ4n) is 0. The molecule has 0 aliphatic heterocycles. The van der Waals surface area contributed by atoms with Crippen molar-refractivity contribution in [3.8, 4) is 0 Å². The van der Waals surface area contributed by atoms with Crippen LogP contribution in [0.5, 0.6) is 0 Å². The molecule has 0 aromatic carbocycles. The second kappa shape index (κ2) is 15.4. The molecular formula is H13AlBaCaO4SiSr. The number of hydrogen-bond acceptors (Lipinski definition) is 4. The molecule has 0 aromatic heterocycles. The second-order valence-corrected chi connectivity index (χ2v) is 1.80. The van der Waals surface area contributed by atoms with Gasteiger partial charge in [-0.3, -0.25) is 0 Å². The van der Waals surface area contributed by atoms with Gasteiger partial charge in [0, 0.05) is 0 Å². The Hall–Kier alpha value is 4.90. The summed E-state index contributed by atoms with van der Waals surface area (Å²) in [5, 5.41) is 0. The normalized spacial score (nSPS) is 6.67. The van der Waals surface area contributed by atoms with E-state index in [-0.39, 0.29) is 149 Å². The van der Waals surface area contributed by atoms with Crippen LogP contribution < -0.4 is 0 Å². The predicted octanol–water partition coefficient (Wildman–Crippen LogP) is -6.54. The third-order valence-corrected chi connectivity index (χ3v) is 0. The maximum absolute atomic E-state index is 7.33. The fourth-order valence-corrected chi connectivity index (χ4v) is 0. The third kappa shape index (κ3) is 63.8. The van der Waals surface area contributed by atoms with E-state index in [0.29, 0.717) is 0 Å². The monoisotopic (exact) mass is 398 g/mol. The third-order valence-electron chi connectivity index (χ3n) is 0. The molecule has 0 saturated heterocycles. The van der Waals surface area contributed by atoms with Crippen molar-refractivity contribution in [2.24, 2.45) is 0 Å². The van der Waals surface area contributed by atoms with Crippen LogP contribution in [0.15, 0.2) is 0 Å². The van der Waals surface area contributed by atoms with Gasteiger partial charge < -0.3 is 19.2 Å². The zero-order valence-corrected chi connectivity index (χ0v) is 3.29. The Balaban J connectivity index is -0.0000000133. The van der Waals surface area contributed by atoms with Gasteiger partial charge in [0.05, 0.1) is 0 Å². The topological polar surface area (TPSA) is 80.9 Å². The molecule has 0 radical (unpaired) electrons. The van der Waals surface area contributed by atoms with Crippen LogP contribution in [0.4, 0.5) is 0 Å². The van der Waals surface area contributed by atoms with Crippen LogP contribution in [0.2, 0.25) is 0 Å². The van der Waals surface area contributed by atoms with E-state index in [0.717, 1.165) is 0 Å². The molecule has 0 aliphatic carbocycles. The Morgan fingerprint density at radius 3 is 0.889 bits per heavy atom. The van der Waals surface area contributed by atoms with Gasteiger partial charge in [0.15, 0.2) is 17.4 Å². The molecule has 0 aromatic rings. The molecule has 0 bridgehead atoms. The molecule has 0 rings (SSSR count). The van der Waals surface area contributed by atoms with E-state index >= 15 is 0 Å². The zero-order chi connectivity index (χ0) is 4.50. The van der Waals surface area contributed by atoms with Gasteiger partial charge in [-0.25, -0.2) is 0 Å². The molecule has 0 spiro atoms. The summed E-state index contributed by atoms with van der Waals surface area (Å²) in [6.45, 7) is 0. The van der Waals surface area contributed by atoms with E-state index in [1.165, 1.54) is 0 Å². The SMILES string of the molecule is O[Si](O)(O)O.[AlH3].[BaH2].[CaH2].[SrH2]. The second-order valence-electron chi connectivity index (χ2n) is 0.600. The summed E-state index contributed by atoms with van der Waals surface area (Å²) in [5.41, 5.74) is 0. The van der Waals surface area contributed by atoms with Crippen LogP contribution in [0.25, 0.3) is 0 Å². The van der Waals surface area contributed by atoms with Gasteiger partial charge >= 0.3 is 141 Å². The molecule has 0 fully saturated rings. The molecule has 9 heteroatoms. The van der Waals surface area contributed by atoms with E-state index < -0.39 is 9.05 Å². The number of rotatable bonds is 0. The van der Waals surface area contributed by atoms with Crippen molar-refractivity contribution in [1.29, 1.82) is 0 Å². The first-order valence-electron chi connectivity index (χ1n) is 0.894. The first kappa shape index (κ1) is 29.2. The molecule has 4 N–H and O–H groups in total. The molecule has 0 aliphatic rings. The maximum atomic E-state index is 7.33. The number of hydrogen-bond donors (Lipinski definition) is 4. The quantitative estimate of drug-likeness (QED) is 0.307. The van der Waals surface area contributed by atoms with Gasteiger partial charge in [0.2, 0.25) is 0 Å². The Bertz CT molecular complexity index is 36.0. The molecule has 0 heterocycles. The summed E-state index contributed by atoms with van der Waals surface area (Å²) in [7, 11) is -4.61. The van der Waals surface area contributed by atoms with Gasteiger partial charge in [0.1, 0.15) is 0 Å². The van der Waals surface area contributed by atoms with Crippen LogP contribution in [0.3, 0.4) is 0 Å². The summed E-state index contributed by atoms with van der Waals surface area (Å²) in [6, 6.07) is 0. The van der Waals surface area contributed by atoms with Crippen LogP contribution in [-0.2, 0) is 0 Å². The summed E-state index contributed by atoms with van der Waals surface area (Å²) < 4.78 is 0. The van der Waals surface area contributed by atoms with Gasteiger partial charge in [-0.15, -0.1) is 0 Å². The molecule has 0 saturated carbocycles. The molecule has 0 atom stereocenters. The van der Waals surface area contributed by atoms with Crippen molar-refractivity contribution >= 4 is 159 Å². The molecular weight excluding hydrogens is 384 g/mol. The summed E-state index contributed by atoms with van der Waals surface area (Å²) in [5.74, 6) is 0. The van der Waals surface area contributed by atoms with Gasteiger partial charge in [-0.05, 0) is 0 Å². The Morgan fingerprint density at radius 1 is 0.889 bits per heavy atom.